The summed E-state index contributed by atoms with van der Waals surface area (Å²) in [6.45, 7) is 4.69. The molecular formula is C21H25N5O2S. The number of ether oxygens (including phenoxy) is 1. The number of hydrogen-bond donors (Lipinski definition) is 1. The maximum atomic E-state index is 12.6. The summed E-state index contributed by atoms with van der Waals surface area (Å²) >= 11 is 1.57. The van der Waals surface area contributed by atoms with Crippen LogP contribution in [0.2, 0.25) is 0 Å². The number of para-hydroxylation sites is 1. The van der Waals surface area contributed by atoms with Gasteiger partial charge in [0.25, 0.3) is 0 Å². The van der Waals surface area contributed by atoms with Gasteiger partial charge in [-0.15, -0.1) is 10.2 Å². The van der Waals surface area contributed by atoms with E-state index in [1.807, 2.05) is 60.3 Å². The maximum absolute atomic E-state index is 12.6. The Morgan fingerprint density at radius 1 is 1.14 bits per heavy atom. The van der Waals surface area contributed by atoms with Crippen LogP contribution in [0.5, 0.6) is 5.75 Å². The predicted octanol–water partition coefficient (Wildman–Crippen LogP) is 3.26. The zero-order chi connectivity index (χ0) is 20.1. The van der Waals surface area contributed by atoms with Crippen molar-refractivity contribution in [2.45, 2.75) is 26.3 Å². The lowest BCUT2D eigenvalue weighted by Crippen LogP contribution is -2.40. The van der Waals surface area contributed by atoms with Gasteiger partial charge in [0.05, 0.1) is 6.61 Å². The van der Waals surface area contributed by atoms with Gasteiger partial charge in [0.1, 0.15) is 5.75 Å². The van der Waals surface area contributed by atoms with Crippen molar-refractivity contribution in [2.75, 3.05) is 24.6 Å². The average molecular weight is 412 g/mol. The van der Waals surface area contributed by atoms with E-state index in [-0.39, 0.29) is 11.8 Å². The van der Waals surface area contributed by atoms with Crippen LogP contribution >= 0.6 is 11.3 Å². The van der Waals surface area contributed by atoms with Crippen LogP contribution in [-0.2, 0) is 11.3 Å². The van der Waals surface area contributed by atoms with Gasteiger partial charge in [-0.1, -0.05) is 29.5 Å². The van der Waals surface area contributed by atoms with Crippen LogP contribution in [0, 0.1) is 5.92 Å². The first-order valence-electron chi connectivity index (χ1n) is 9.95. The molecule has 152 valence electrons. The Balaban J connectivity index is 1.29. The molecule has 2 aromatic heterocycles. The summed E-state index contributed by atoms with van der Waals surface area (Å²) in [6, 6.07) is 11.8. The molecule has 1 amide bonds. The minimum Gasteiger partial charge on any atom is -0.494 e. The number of anilines is 1. The van der Waals surface area contributed by atoms with Gasteiger partial charge in [0, 0.05) is 43.5 Å². The van der Waals surface area contributed by atoms with E-state index in [0.717, 1.165) is 47.5 Å². The third kappa shape index (κ3) is 4.59. The summed E-state index contributed by atoms with van der Waals surface area (Å²) in [6.07, 6.45) is 5.56. The van der Waals surface area contributed by atoms with Gasteiger partial charge >= 0.3 is 0 Å². The molecule has 0 saturated carbocycles. The predicted molar refractivity (Wildman–Crippen MR) is 114 cm³/mol. The second-order valence-electron chi connectivity index (χ2n) is 6.98. The first-order valence-corrected chi connectivity index (χ1v) is 10.8. The Morgan fingerprint density at radius 3 is 2.62 bits per heavy atom. The van der Waals surface area contributed by atoms with Crippen molar-refractivity contribution < 1.29 is 9.53 Å². The zero-order valence-corrected chi connectivity index (χ0v) is 17.3. The van der Waals surface area contributed by atoms with Crippen molar-refractivity contribution in [3.8, 4) is 10.9 Å². The average Bonchev–Trinajstić information content (AvgIpc) is 3.45. The minimum atomic E-state index is 0.0300. The molecule has 0 spiro atoms. The molecule has 0 atom stereocenters. The molecule has 1 aliphatic heterocycles. The number of carbonyl (C=O) groups excluding carboxylic acids is 1. The number of hydrogen-bond acceptors (Lipinski definition) is 6. The summed E-state index contributed by atoms with van der Waals surface area (Å²) in [5, 5.41) is 13.5. The summed E-state index contributed by atoms with van der Waals surface area (Å²) in [7, 11) is 0. The number of piperidine rings is 1. The highest BCUT2D eigenvalue weighted by Gasteiger charge is 2.26. The number of rotatable bonds is 7. The molecule has 8 heteroatoms. The van der Waals surface area contributed by atoms with Crippen molar-refractivity contribution in [1.29, 1.82) is 0 Å². The fourth-order valence-electron chi connectivity index (χ4n) is 3.51. The van der Waals surface area contributed by atoms with Crippen LogP contribution in [0.15, 0.2) is 48.8 Å². The Hall–Kier alpha value is -2.87. The maximum Gasteiger partial charge on any atom is 0.223 e. The van der Waals surface area contributed by atoms with Crippen LogP contribution in [0.25, 0.3) is 5.13 Å². The van der Waals surface area contributed by atoms with Gasteiger partial charge in [-0.2, -0.15) is 0 Å². The SMILES string of the molecule is CCOc1ccccc1CNC(=O)C1CCN(c2nnc(-n3cccc3)s2)CC1. The summed E-state index contributed by atoms with van der Waals surface area (Å²) in [4.78, 5) is 14.9. The largest absolute Gasteiger partial charge is 0.494 e. The number of aromatic nitrogens is 3. The molecule has 1 fully saturated rings. The standard InChI is InChI=1S/C21H25N5O2S/c1-2-28-18-8-4-3-7-17(18)15-22-19(27)16-9-13-26(14-10-16)21-24-23-20(29-21)25-11-5-6-12-25/h3-8,11-12,16H,2,9-10,13-15H2,1H3,(H,22,27). The monoisotopic (exact) mass is 411 g/mol. The molecule has 0 unspecified atom stereocenters. The van der Waals surface area contributed by atoms with Crippen LogP contribution in [0.1, 0.15) is 25.3 Å². The van der Waals surface area contributed by atoms with Crippen molar-refractivity contribution in [3.63, 3.8) is 0 Å². The van der Waals surface area contributed by atoms with E-state index in [1.165, 1.54) is 0 Å². The fraction of sp³-hybridized carbons (Fsp3) is 0.381. The second-order valence-corrected chi connectivity index (χ2v) is 7.91. The van der Waals surface area contributed by atoms with Crippen molar-refractivity contribution in [3.05, 3.63) is 54.4 Å². The normalized spacial score (nSPS) is 14.7. The highest BCUT2D eigenvalue weighted by molar-refractivity contribution is 7.17. The van der Waals surface area contributed by atoms with E-state index in [9.17, 15) is 4.79 Å². The molecule has 1 aliphatic rings. The minimum absolute atomic E-state index is 0.0300. The van der Waals surface area contributed by atoms with Crippen LogP contribution in [0.3, 0.4) is 0 Å². The van der Waals surface area contributed by atoms with Gasteiger partial charge in [-0.05, 0) is 38.0 Å². The van der Waals surface area contributed by atoms with Gasteiger partial charge in [0.15, 0.2) is 0 Å². The first-order chi connectivity index (χ1) is 14.2. The van der Waals surface area contributed by atoms with Crippen LogP contribution < -0.4 is 15.0 Å². The molecule has 1 N–H and O–H groups in total. The third-order valence-corrected chi connectivity index (χ3v) is 6.09. The fourth-order valence-corrected chi connectivity index (χ4v) is 4.37. The Morgan fingerprint density at radius 2 is 1.86 bits per heavy atom. The molecule has 1 aromatic carbocycles. The number of nitrogens with one attached hydrogen (secondary N) is 1. The molecule has 29 heavy (non-hydrogen) atoms. The van der Waals surface area contributed by atoms with Crippen LogP contribution in [0.4, 0.5) is 5.13 Å². The Labute approximate surface area is 174 Å². The lowest BCUT2D eigenvalue weighted by atomic mass is 9.96. The molecule has 0 aliphatic carbocycles. The third-order valence-electron chi connectivity index (χ3n) is 5.09. The van der Waals surface area contributed by atoms with Crippen molar-refractivity contribution in [1.82, 2.24) is 20.1 Å². The number of benzene rings is 1. The van der Waals surface area contributed by atoms with Gasteiger partial charge in [-0.25, -0.2) is 0 Å². The molecule has 1 saturated heterocycles. The molecule has 0 radical (unpaired) electrons. The van der Waals surface area contributed by atoms with Crippen LogP contribution in [-0.4, -0.2) is 40.4 Å². The number of amides is 1. The van der Waals surface area contributed by atoms with Gasteiger partial charge in [0.2, 0.25) is 16.2 Å². The van der Waals surface area contributed by atoms with E-state index in [4.69, 9.17) is 4.74 Å². The van der Waals surface area contributed by atoms with Crippen molar-refractivity contribution >= 4 is 22.4 Å². The van der Waals surface area contributed by atoms with Crippen molar-refractivity contribution in [2.24, 2.45) is 5.92 Å². The molecular weight excluding hydrogens is 386 g/mol. The first kappa shape index (κ1) is 19.4. The zero-order valence-electron chi connectivity index (χ0n) is 16.5. The quantitative estimate of drug-likeness (QED) is 0.646. The number of carbonyl (C=O) groups is 1. The summed E-state index contributed by atoms with van der Waals surface area (Å²) < 4.78 is 7.59. The van der Waals surface area contributed by atoms with E-state index < -0.39 is 0 Å². The Bertz CT molecular complexity index is 932. The summed E-state index contributed by atoms with van der Waals surface area (Å²) in [5.41, 5.74) is 1.01. The second kappa shape index (κ2) is 9.09. The molecule has 7 nitrogen and oxygen atoms in total. The molecule has 4 rings (SSSR count). The highest BCUT2D eigenvalue weighted by atomic mass is 32.1. The van der Waals surface area contributed by atoms with E-state index in [2.05, 4.69) is 20.4 Å². The topological polar surface area (TPSA) is 72.3 Å². The Kier molecular flexibility index (Phi) is 6.09. The lowest BCUT2D eigenvalue weighted by molar-refractivity contribution is -0.125. The summed E-state index contributed by atoms with van der Waals surface area (Å²) in [5.74, 6) is 0.975. The van der Waals surface area contributed by atoms with E-state index in [1.54, 1.807) is 11.3 Å². The molecule has 3 aromatic rings. The number of nitrogens with zero attached hydrogens (tertiary/aromatic N) is 4. The lowest BCUT2D eigenvalue weighted by Gasteiger charge is -2.30. The molecule has 3 heterocycles. The van der Waals surface area contributed by atoms with E-state index >= 15 is 0 Å². The smallest absolute Gasteiger partial charge is 0.223 e. The van der Waals surface area contributed by atoms with Gasteiger partial charge in [-0.3, -0.25) is 9.36 Å². The molecule has 0 bridgehead atoms. The highest BCUT2D eigenvalue weighted by Crippen LogP contribution is 2.28. The van der Waals surface area contributed by atoms with Gasteiger partial charge < -0.3 is 15.0 Å². The van der Waals surface area contributed by atoms with E-state index in [0.29, 0.717) is 13.2 Å².